The van der Waals surface area contributed by atoms with Gasteiger partial charge >= 0.3 is 6.41 Å². The zero-order chi connectivity index (χ0) is 32.7. The molecule has 7 rings (SSSR count). The first kappa shape index (κ1) is 31.5. The maximum atomic E-state index is 15.9. The summed E-state index contributed by atoms with van der Waals surface area (Å²) in [6.45, 7) is 4.00. The molecule has 2 aliphatic carbocycles. The third-order valence-corrected chi connectivity index (χ3v) is 10.1. The van der Waals surface area contributed by atoms with Crippen LogP contribution in [0.4, 0.5) is 4.39 Å². The van der Waals surface area contributed by atoms with Crippen LogP contribution < -0.4 is 10.9 Å². The summed E-state index contributed by atoms with van der Waals surface area (Å²) in [5.74, 6) is 0.435. The zero-order valence-electron chi connectivity index (χ0n) is 26.7. The molecule has 4 aromatic rings. The van der Waals surface area contributed by atoms with Crippen LogP contribution in [0.1, 0.15) is 93.6 Å². The Labute approximate surface area is 272 Å². The van der Waals surface area contributed by atoms with Crippen molar-refractivity contribution < 1.29 is 24.2 Å². The minimum Gasteiger partial charge on any atom is -0.387 e. The number of aryl methyl sites for hydroxylation is 1. The van der Waals surface area contributed by atoms with Crippen LogP contribution in [-0.4, -0.2) is 59.4 Å². The van der Waals surface area contributed by atoms with Gasteiger partial charge in [0.1, 0.15) is 12.1 Å². The molecule has 2 aromatic heterocycles. The molecule has 2 unspecified atom stereocenters. The predicted molar refractivity (Wildman–Crippen MR) is 173 cm³/mol. The summed E-state index contributed by atoms with van der Waals surface area (Å²) in [5.41, 5.74) is 2.80. The van der Waals surface area contributed by atoms with Crippen LogP contribution in [-0.2, 0) is 22.4 Å². The van der Waals surface area contributed by atoms with Gasteiger partial charge in [-0.1, -0.05) is 54.9 Å². The van der Waals surface area contributed by atoms with Gasteiger partial charge in [0.05, 0.1) is 23.5 Å². The smallest absolute Gasteiger partial charge is 0.304 e. The summed E-state index contributed by atoms with van der Waals surface area (Å²) >= 11 is 0. The van der Waals surface area contributed by atoms with E-state index in [1.807, 2.05) is 44.2 Å². The van der Waals surface area contributed by atoms with Crippen LogP contribution in [0.15, 0.2) is 58.7 Å². The zero-order valence-corrected chi connectivity index (χ0v) is 26.7. The lowest BCUT2D eigenvalue weighted by Crippen LogP contribution is -2.49. The number of amidine groups is 1. The first-order valence-electron chi connectivity index (χ1n) is 16.7. The summed E-state index contributed by atoms with van der Waals surface area (Å²) in [5, 5.41) is 31.6. The van der Waals surface area contributed by atoms with Crippen molar-refractivity contribution in [3.05, 3.63) is 87.3 Å². The number of hydrogen-bond donors (Lipinski definition) is 3. The first-order chi connectivity index (χ1) is 22.8. The lowest BCUT2D eigenvalue weighted by Gasteiger charge is -2.43. The van der Waals surface area contributed by atoms with Crippen molar-refractivity contribution in [1.82, 2.24) is 24.5 Å². The van der Waals surface area contributed by atoms with E-state index in [1.54, 1.807) is 15.1 Å². The molecule has 0 radical (unpaired) electrons. The number of aliphatic hydroxyl groups is 2. The Morgan fingerprint density at radius 1 is 1.15 bits per heavy atom. The number of benzene rings is 2. The Morgan fingerprint density at radius 3 is 2.57 bits per heavy atom. The molecule has 248 valence electrons. The molecule has 3 N–H and O–H groups in total. The summed E-state index contributed by atoms with van der Waals surface area (Å²) in [6, 6.07) is 12.3. The van der Waals surface area contributed by atoms with E-state index in [0.717, 1.165) is 62.6 Å². The molecule has 1 aliphatic heterocycles. The van der Waals surface area contributed by atoms with Gasteiger partial charge in [-0.2, -0.15) is 10.1 Å². The Kier molecular flexibility index (Phi) is 8.58. The van der Waals surface area contributed by atoms with Crippen molar-refractivity contribution in [3.63, 3.8) is 0 Å². The summed E-state index contributed by atoms with van der Waals surface area (Å²) < 4.78 is 25.7. The number of halogens is 1. The van der Waals surface area contributed by atoms with Crippen LogP contribution >= 0.6 is 0 Å². The Morgan fingerprint density at radius 2 is 1.91 bits per heavy atom. The highest BCUT2D eigenvalue weighted by molar-refractivity contribution is 6.04. The fraction of sp³-hybridized carbons (Fsp3) is 0.486. The number of nitrogens with zero attached hydrogens (tertiary/aromatic N) is 5. The molecule has 3 heterocycles. The van der Waals surface area contributed by atoms with Crippen molar-refractivity contribution >= 4 is 11.6 Å². The van der Waals surface area contributed by atoms with Crippen LogP contribution in [0.5, 0.6) is 0 Å². The average molecular weight is 645 g/mol. The maximum Gasteiger partial charge on any atom is 0.304 e. The van der Waals surface area contributed by atoms with E-state index in [4.69, 9.17) is 9.57 Å². The summed E-state index contributed by atoms with van der Waals surface area (Å²) in [7, 11) is 0. The van der Waals surface area contributed by atoms with Gasteiger partial charge in [-0.3, -0.25) is 9.36 Å². The number of oxime groups is 1. The molecule has 2 saturated carbocycles. The van der Waals surface area contributed by atoms with Gasteiger partial charge < -0.3 is 25.1 Å². The number of hydrogen-bond acceptors (Lipinski definition) is 9. The average Bonchev–Trinajstić information content (AvgIpc) is 3.72. The maximum absolute atomic E-state index is 15.9. The normalized spacial score (nSPS) is 22.7. The van der Waals surface area contributed by atoms with Crippen LogP contribution in [0.25, 0.3) is 16.9 Å². The van der Waals surface area contributed by atoms with Gasteiger partial charge in [0.15, 0.2) is 5.84 Å². The molecule has 11 nitrogen and oxygen atoms in total. The highest BCUT2D eigenvalue weighted by Crippen LogP contribution is 2.39. The lowest BCUT2D eigenvalue weighted by molar-refractivity contribution is -0.167. The van der Waals surface area contributed by atoms with Crippen molar-refractivity contribution in [2.45, 2.75) is 108 Å². The molecule has 2 fully saturated rings. The number of aromatic nitrogens is 4. The van der Waals surface area contributed by atoms with Crippen LogP contribution in [0, 0.1) is 5.82 Å². The summed E-state index contributed by atoms with van der Waals surface area (Å²) in [4.78, 5) is 23.8. The SMILES string of the molecule is CCCc1c(Cc2ccc(-c3ccccc3C3=NOC(O)N3)cc2F)c(=O)n([C@H]2CC[C@H](OC(C)C3(O)CCC3)CC2)c2ncnn12. The number of ether oxygens (including phenoxy) is 1. The van der Waals surface area contributed by atoms with Crippen molar-refractivity contribution in [3.8, 4) is 11.1 Å². The van der Waals surface area contributed by atoms with Crippen LogP contribution in [0.3, 0.4) is 0 Å². The van der Waals surface area contributed by atoms with E-state index >= 15 is 4.39 Å². The summed E-state index contributed by atoms with van der Waals surface area (Å²) in [6.07, 6.45) is 7.14. The molecule has 2 aromatic carbocycles. The standard InChI is InChI=1S/C35H41FN6O5/c1-3-7-30-28(18-23-11-10-22(19-29(23)36)26-8-4-5-9-27(26)31-39-34(44)47-40-31)32(43)41(33-37-20-38-42(30)33)24-12-14-25(15-13-24)46-21(2)35(45)16-6-17-35/h4-5,8-11,19-21,24-25,34,44-45H,3,6-7,12-18H2,1-2H3,(H,39,40)/t21?,24-,25-,34?. The first-order valence-corrected chi connectivity index (χ1v) is 16.7. The molecule has 0 spiro atoms. The fourth-order valence-electron chi connectivity index (χ4n) is 7.27. The molecule has 3 aliphatic rings. The second kappa shape index (κ2) is 12.8. The Balaban J connectivity index is 1.17. The molecule has 2 atom stereocenters. The lowest BCUT2D eigenvalue weighted by atomic mass is 9.76. The van der Waals surface area contributed by atoms with Gasteiger partial charge in [0.25, 0.3) is 5.56 Å². The van der Waals surface area contributed by atoms with E-state index in [9.17, 15) is 15.0 Å². The fourth-order valence-corrected chi connectivity index (χ4v) is 7.27. The third kappa shape index (κ3) is 5.94. The van der Waals surface area contributed by atoms with Crippen molar-refractivity contribution in [2.75, 3.05) is 0 Å². The monoisotopic (exact) mass is 644 g/mol. The van der Waals surface area contributed by atoms with Gasteiger partial charge in [-0.25, -0.2) is 8.91 Å². The largest absolute Gasteiger partial charge is 0.387 e. The van der Waals surface area contributed by atoms with Gasteiger partial charge in [0.2, 0.25) is 5.78 Å². The minimum absolute atomic E-state index is 0.0289. The second-order valence-electron chi connectivity index (χ2n) is 13.1. The molecular weight excluding hydrogens is 603 g/mol. The molecule has 0 bridgehead atoms. The molecule has 0 amide bonds. The Hall–Kier alpha value is -4.13. The number of aliphatic hydroxyl groups excluding tert-OH is 1. The Bertz CT molecular complexity index is 1860. The van der Waals surface area contributed by atoms with E-state index in [1.165, 1.54) is 12.4 Å². The van der Waals surface area contributed by atoms with Crippen LogP contribution in [0.2, 0.25) is 0 Å². The second-order valence-corrected chi connectivity index (χ2v) is 13.1. The van der Waals surface area contributed by atoms with E-state index in [2.05, 4.69) is 20.6 Å². The number of nitrogens with one attached hydrogen (secondary N) is 1. The van der Waals surface area contributed by atoms with E-state index < -0.39 is 17.8 Å². The number of fused-ring (bicyclic) bond motifs is 1. The highest BCUT2D eigenvalue weighted by Gasteiger charge is 2.42. The van der Waals surface area contributed by atoms with Gasteiger partial charge in [-0.15, -0.1) is 0 Å². The molecule has 47 heavy (non-hydrogen) atoms. The third-order valence-electron chi connectivity index (χ3n) is 10.1. The number of rotatable bonds is 10. The predicted octanol–water partition coefficient (Wildman–Crippen LogP) is 4.60. The molecular formula is C35H41FN6O5. The topological polar surface area (TPSA) is 136 Å². The van der Waals surface area contributed by atoms with E-state index in [0.29, 0.717) is 40.3 Å². The van der Waals surface area contributed by atoms with Gasteiger partial charge in [-0.05, 0) is 81.0 Å². The molecule has 12 heteroatoms. The molecule has 0 saturated heterocycles. The minimum atomic E-state index is -1.24. The highest BCUT2D eigenvalue weighted by atomic mass is 19.1. The van der Waals surface area contributed by atoms with Crippen molar-refractivity contribution in [1.29, 1.82) is 0 Å². The van der Waals surface area contributed by atoms with E-state index in [-0.39, 0.29) is 30.2 Å². The van der Waals surface area contributed by atoms with Gasteiger partial charge in [0, 0.05) is 23.6 Å². The van der Waals surface area contributed by atoms with Crippen molar-refractivity contribution in [2.24, 2.45) is 5.16 Å². The quantitative estimate of drug-likeness (QED) is 0.228.